The molecular formula is C16H19ClN4O. The van der Waals surface area contributed by atoms with Crippen LogP contribution in [0.15, 0.2) is 36.5 Å². The Hall–Kier alpha value is -1.85. The Labute approximate surface area is 135 Å². The van der Waals surface area contributed by atoms with E-state index < -0.39 is 0 Å². The SMILES string of the molecule is CC(Oc1nccc(N2CCNCC2)n1)c1ccccc1Cl. The zero-order valence-corrected chi connectivity index (χ0v) is 13.3. The van der Waals surface area contributed by atoms with Gasteiger partial charge in [-0.15, -0.1) is 0 Å². The van der Waals surface area contributed by atoms with Gasteiger partial charge in [0, 0.05) is 43.0 Å². The number of ether oxygens (including phenoxy) is 1. The minimum absolute atomic E-state index is 0.202. The summed E-state index contributed by atoms with van der Waals surface area (Å²) in [5.41, 5.74) is 0.931. The van der Waals surface area contributed by atoms with Crippen LogP contribution in [0.25, 0.3) is 0 Å². The van der Waals surface area contributed by atoms with Crippen LogP contribution in [0.2, 0.25) is 5.02 Å². The molecule has 1 fully saturated rings. The van der Waals surface area contributed by atoms with Crippen molar-refractivity contribution in [3.8, 4) is 6.01 Å². The largest absolute Gasteiger partial charge is 0.455 e. The van der Waals surface area contributed by atoms with E-state index in [1.807, 2.05) is 37.3 Å². The first kappa shape index (κ1) is 15.1. The monoisotopic (exact) mass is 318 g/mol. The number of hydrogen-bond acceptors (Lipinski definition) is 5. The molecule has 1 aromatic heterocycles. The van der Waals surface area contributed by atoms with Crippen LogP contribution >= 0.6 is 11.6 Å². The zero-order chi connectivity index (χ0) is 15.4. The van der Waals surface area contributed by atoms with E-state index in [0.29, 0.717) is 11.0 Å². The normalized spacial score (nSPS) is 16.4. The fourth-order valence-electron chi connectivity index (χ4n) is 2.49. The molecule has 1 aromatic carbocycles. The van der Waals surface area contributed by atoms with Gasteiger partial charge in [0.25, 0.3) is 0 Å². The van der Waals surface area contributed by atoms with Crippen LogP contribution < -0.4 is 15.0 Å². The van der Waals surface area contributed by atoms with E-state index in [2.05, 4.69) is 20.2 Å². The summed E-state index contributed by atoms with van der Waals surface area (Å²) in [5.74, 6) is 0.901. The van der Waals surface area contributed by atoms with Crippen LogP contribution in [0, 0.1) is 0 Å². The molecule has 1 saturated heterocycles. The van der Waals surface area contributed by atoms with Gasteiger partial charge in [0.15, 0.2) is 0 Å². The molecule has 22 heavy (non-hydrogen) atoms. The molecule has 6 heteroatoms. The first-order valence-corrected chi connectivity index (χ1v) is 7.81. The summed E-state index contributed by atoms with van der Waals surface area (Å²) in [5, 5.41) is 4.02. The zero-order valence-electron chi connectivity index (χ0n) is 12.5. The summed E-state index contributed by atoms with van der Waals surface area (Å²) >= 11 is 6.20. The third kappa shape index (κ3) is 3.48. The number of anilines is 1. The summed E-state index contributed by atoms with van der Waals surface area (Å²) < 4.78 is 5.86. The standard InChI is InChI=1S/C16H19ClN4O/c1-12(13-4-2-3-5-14(13)17)22-16-19-7-6-15(20-16)21-10-8-18-9-11-21/h2-7,12,18H,8-11H2,1H3. The molecule has 1 aliphatic heterocycles. The second-order valence-electron chi connectivity index (χ2n) is 5.22. The number of hydrogen-bond donors (Lipinski definition) is 1. The Balaban J connectivity index is 1.73. The van der Waals surface area contributed by atoms with Gasteiger partial charge in [-0.3, -0.25) is 0 Å². The molecule has 2 aromatic rings. The van der Waals surface area contributed by atoms with E-state index in [9.17, 15) is 0 Å². The van der Waals surface area contributed by atoms with E-state index in [1.54, 1.807) is 6.20 Å². The molecule has 0 aliphatic carbocycles. The lowest BCUT2D eigenvalue weighted by Crippen LogP contribution is -2.43. The van der Waals surface area contributed by atoms with Crippen molar-refractivity contribution in [2.24, 2.45) is 0 Å². The highest BCUT2D eigenvalue weighted by Gasteiger charge is 2.15. The second-order valence-corrected chi connectivity index (χ2v) is 5.62. The van der Waals surface area contributed by atoms with Crippen molar-refractivity contribution in [1.82, 2.24) is 15.3 Å². The Morgan fingerprint density at radius 2 is 2.00 bits per heavy atom. The van der Waals surface area contributed by atoms with Gasteiger partial charge in [0.05, 0.1) is 0 Å². The quantitative estimate of drug-likeness (QED) is 0.939. The summed E-state index contributed by atoms with van der Waals surface area (Å²) in [6.45, 7) is 5.77. The number of rotatable bonds is 4. The maximum Gasteiger partial charge on any atom is 0.318 e. The lowest BCUT2D eigenvalue weighted by Gasteiger charge is -2.28. The van der Waals surface area contributed by atoms with E-state index in [4.69, 9.17) is 16.3 Å². The van der Waals surface area contributed by atoms with Crippen LogP contribution in [-0.2, 0) is 0 Å². The van der Waals surface area contributed by atoms with Gasteiger partial charge < -0.3 is 15.0 Å². The van der Waals surface area contributed by atoms with Crippen molar-refractivity contribution in [2.75, 3.05) is 31.1 Å². The van der Waals surface area contributed by atoms with Gasteiger partial charge in [0.2, 0.25) is 0 Å². The lowest BCUT2D eigenvalue weighted by molar-refractivity contribution is 0.207. The maximum absolute atomic E-state index is 6.20. The molecule has 116 valence electrons. The van der Waals surface area contributed by atoms with Crippen LogP contribution in [0.4, 0.5) is 5.82 Å². The van der Waals surface area contributed by atoms with Crippen molar-refractivity contribution in [3.05, 3.63) is 47.1 Å². The van der Waals surface area contributed by atoms with Gasteiger partial charge in [-0.25, -0.2) is 4.98 Å². The van der Waals surface area contributed by atoms with Crippen LogP contribution in [0.1, 0.15) is 18.6 Å². The number of aromatic nitrogens is 2. The number of piperazine rings is 1. The van der Waals surface area contributed by atoms with Crippen molar-refractivity contribution in [2.45, 2.75) is 13.0 Å². The number of halogens is 1. The predicted molar refractivity (Wildman–Crippen MR) is 87.6 cm³/mol. The Kier molecular flexibility index (Phi) is 4.75. The van der Waals surface area contributed by atoms with Crippen molar-refractivity contribution in [1.29, 1.82) is 0 Å². The van der Waals surface area contributed by atoms with Crippen molar-refractivity contribution < 1.29 is 4.74 Å². The minimum Gasteiger partial charge on any atom is -0.455 e. The first-order chi connectivity index (χ1) is 10.7. The summed E-state index contributed by atoms with van der Waals surface area (Å²) in [7, 11) is 0. The predicted octanol–water partition coefficient (Wildman–Crippen LogP) is 2.68. The first-order valence-electron chi connectivity index (χ1n) is 7.44. The second kappa shape index (κ2) is 6.94. The molecule has 0 radical (unpaired) electrons. The highest BCUT2D eigenvalue weighted by atomic mass is 35.5. The molecule has 0 amide bonds. The maximum atomic E-state index is 6.20. The highest BCUT2D eigenvalue weighted by molar-refractivity contribution is 6.31. The average molecular weight is 319 g/mol. The fraction of sp³-hybridized carbons (Fsp3) is 0.375. The Bertz CT molecular complexity index is 631. The van der Waals surface area contributed by atoms with E-state index in [0.717, 1.165) is 37.6 Å². The molecule has 1 unspecified atom stereocenters. The number of nitrogens with one attached hydrogen (secondary N) is 1. The smallest absolute Gasteiger partial charge is 0.318 e. The molecule has 0 spiro atoms. The van der Waals surface area contributed by atoms with Crippen LogP contribution in [0.3, 0.4) is 0 Å². The minimum atomic E-state index is -0.202. The third-order valence-electron chi connectivity index (χ3n) is 3.69. The van der Waals surface area contributed by atoms with Gasteiger partial charge in [-0.05, 0) is 19.1 Å². The van der Waals surface area contributed by atoms with E-state index in [-0.39, 0.29) is 6.10 Å². The van der Waals surface area contributed by atoms with Gasteiger partial charge in [0.1, 0.15) is 11.9 Å². The molecular weight excluding hydrogens is 300 g/mol. The summed E-state index contributed by atoms with van der Waals surface area (Å²) in [4.78, 5) is 11.0. The van der Waals surface area contributed by atoms with Crippen molar-refractivity contribution >= 4 is 17.4 Å². The highest BCUT2D eigenvalue weighted by Crippen LogP contribution is 2.26. The topological polar surface area (TPSA) is 50.3 Å². The number of nitrogens with zero attached hydrogens (tertiary/aromatic N) is 3. The molecule has 1 N–H and O–H groups in total. The lowest BCUT2D eigenvalue weighted by atomic mass is 10.1. The molecule has 2 heterocycles. The van der Waals surface area contributed by atoms with Gasteiger partial charge in [-0.2, -0.15) is 4.98 Å². The van der Waals surface area contributed by atoms with E-state index in [1.165, 1.54) is 0 Å². The molecule has 5 nitrogen and oxygen atoms in total. The number of benzene rings is 1. The molecule has 3 rings (SSSR count). The molecule has 1 atom stereocenters. The third-order valence-corrected chi connectivity index (χ3v) is 4.03. The van der Waals surface area contributed by atoms with Gasteiger partial charge in [-0.1, -0.05) is 29.8 Å². The van der Waals surface area contributed by atoms with Crippen LogP contribution in [0.5, 0.6) is 6.01 Å². The average Bonchev–Trinajstić information content (AvgIpc) is 2.56. The van der Waals surface area contributed by atoms with Crippen molar-refractivity contribution in [3.63, 3.8) is 0 Å². The van der Waals surface area contributed by atoms with E-state index >= 15 is 0 Å². The summed E-state index contributed by atoms with van der Waals surface area (Å²) in [6.07, 6.45) is 1.53. The molecule has 0 saturated carbocycles. The van der Waals surface area contributed by atoms with Gasteiger partial charge >= 0.3 is 6.01 Å². The molecule has 0 bridgehead atoms. The molecule has 1 aliphatic rings. The van der Waals surface area contributed by atoms with Crippen LogP contribution in [-0.4, -0.2) is 36.1 Å². The fourth-order valence-corrected chi connectivity index (χ4v) is 2.77. The summed E-state index contributed by atoms with van der Waals surface area (Å²) in [6, 6.07) is 9.95. The Morgan fingerprint density at radius 1 is 1.23 bits per heavy atom. The Morgan fingerprint density at radius 3 is 2.77 bits per heavy atom.